The molecule has 1 aliphatic carbocycles. The summed E-state index contributed by atoms with van der Waals surface area (Å²) in [6, 6.07) is 1.94. The van der Waals surface area contributed by atoms with Crippen molar-refractivity contribution in [2.45, 2.75) is 39.5 Å². The molecule has 1 saturated heterocycles. The molecule has 0 aromatic carbocycles. The number of carbonyl (C=O) groups excluding carboxylic acids is 1. The van der Waals surface area contributed by atoms with E-state index in [0.29, 0.717) is 13.0 Å². The molecule has 0 spiro atoms. The van der Waals surface area contributed by atoms with E-state index in [1.54, 1.807) is 12.2 Å². The van der Waals surface area contributed by atoms with Crippen molar-refractivity contribution in [1.82, 2.24) is 9.47 Å². The number of carbonyl (C=O) groups is 1. The number of likely N-dealkylation sites (tertiary alicyclic amines) is 1. The first kappa shape index (κ1) is 18.3. The van der Waals surface area contributed by atoms with E-state index >= 15 is 0 Å². The van der Waals surface area contributed by atoms with Crippen LogP contribution < -0.4 is 0 Å². The predicted molar refractivity (Wildman–Crippen MR) is 102 cm³/mol. The molecule has 0 bridgehead atoms. The van der Waals surface area contributed by atoms with Crippen LogP contribution in [0.3, 0.4) is 0 Å². The Morgan fingerprint density at radius 2 is 1.85 bits per heavy atom. The van der Waals surface area contributed by atoms with Gasteiger partial charge in [0.1, 0.15) is 0 Å². The molecule has 138 valence electrons. The number of aryl methyl sites for hydroxylation is 1. The minimum atomic E-state index is -0.361. The molecule has 2 heterocycles. The second-order valence-corrected chi connectivity index (χ2v) is 6.95. The summed E-state index contributed by atoms with van der Waals surface area (Å²) in [4.78, 5) is 25.7. The van der Waals surface area contributed by atoms with Gasteiger partial charge in [-0.25, -0.2) is 0 Å². The van der Waals surface area contributed by atoms with Crippen LogP contribution in [0.1, 0.15) is 47.4 Å². The summed E-state index contributed by atoms with van der Waals surface area (Å²) >= 11 is 0. The van der Waals surface area contributed by atoms with Gasteiger partial charge >= 0.3 is 0 Å². The summed E-state index contributed by atoms with van der Waals surface area (Å²) in [5.41, 5.74) is 3.61. The highest BCUT2D eigenvalue weighted by atomic mass is 16.6. The molecule has 6 nitrogen and oxygen atoms in total. The van der Waals surface area contributed by atoms with Crippen LogP contribution in [0.5, 0.6) is 0 Å². The van der Waals surface area contributed by atoms with Gasteiger partial charge in [0, 0.05) is 28.7 Å². The van der Waals surface area contributed by atoms with E-state index in [2.05, 4.69) is 11.0 Å². The lowest BCUT2D eigenvalue weighted by molar-refractivity contribution is -0.419. The molecule has 0 atom stereocenters. The van der Waals surface area contributed by atoms with Gasteiger partial charge in [0.2, 0.25) is 0 Å². The largest absolute Gasteiger partial charge is 0.318 e. The molecule has 0 amide bonds. The molecule has 1 aromatic rings. The Kier molecular flexibility index (Phi) is 5.52. The van der Waals surface area contributed by atoms with Crippen LogP contribution in [0.4, 0.5) is 0 Å². The van der Waals surface area contributed by atoms with Gasteiger partial charge in [0.25, 0.3) is 5.70 Å². The maximum Gasteiger partial charge on any atom is 0.265 e. The standard InChI is InChI=1S/C20H25N3O3/c1-15-13-19(20(24)14-21-11-5-6-12-21)16(2)22(15)17-7-3-4-8-18(10-9-17)23(25)26/h7-10,13H,3-6,11-12,14H2,1-2H3/b10-9?,17-7?,18-8-. The molecule has 0 unspecified atom stereocenters. The summed E-state index contributed by atoms with van der Waals surface area (Å²) in [6.07, 6.45) is 10.7. The van der Waals surface area contributed by atoms with E-state index in [0.717, 1.165) is 55.0 Å². The number of hydrogen-bond acceptors (Lipinski definition) is 4. The average molecular weight is 355 g/mol. The number of allylic oxidation sites excluding steroid dienone is 5. The smallest absolute Gasteiger partial charge is 0.265 e. The van der Waals surface area contributed by atoms with Gasteiger partial charge in [-0.1, -0.05) is 6.08 Å². The first-order valence-electron chi connectivity index (χ1n) is 9.15. The van der Waals surface area contributed by atoms with E-state index in [1.165, 1.54) is 6.08 Å². The van der Waals surface area contributed by atoms with Crippen LogP contribution in [-0.4, -0.2) is 39.8 Å². The van der Waals surface area contributed by atoms with Gasteiger partial charge in [-0.3, -0.25) is 19.8 Å². The fourth-order valence-corrected chi connectivity index (χ4v) is 3.74. The fourth-order valence-electron chi connectivity index (χ4n) is 3.74. The Labute approximate surface area is 153 Å². The highest BCUT2D eigenvalue weighted by Gasteiger charge is 2.21. The van der Waals surface area contributed by atoms with Crippen LogP contribution in [0, 0.1) is 24.0 Å². The zero-order chi connectivity index (χ0) is 18.7. The number of ketones is 1. The van der Waals surface area contributed by atoms with Gasteiger partial charge in [-0.2, -0.15) is 0 Å². The fraction of sp³-hybridized carbons (Fsp3) is 0.450. The van der Waals surface area contributed by atoms with E-state index in [1.807, 2.05) is 24.5 Å². The SMILES string of the molecule is Cc1cc(C(=O)CN2CCCC2)c(C)n1C1=CCC/C=C(\[N+](=O)[O-])C=C1. The van der Waals surface area contributed by atoms with Crippen molar-refractivity contribution in [3.8, 4) is 0 Å². The van der Waals surface area contributed by atoms with Crippen molar-refractivity contribution < 1.29 is 9.72 Å². The molecular formula is C20H25N3O3. The van der Waals surface area contributed by atoms with Crippen molar-refractivity contribution >= 4 is 11.5 Å². The first-order chi connectivity index (χ1) is 12.5. The molecule has 1 fully saturated rings. The molecule has 6 heteroatoms. The van der Waals surface area contributed by atoms with Crippen molar-refractivity contribution in [2.75, 3.05) is 19.6 Å². The second-order valence-electron chi connectivity index (χ2n) is 6.95. The first-order valence-corrected chi connectivity index (χ1v) is 9.15. The summed E-state index contributed by atoms with van der Waals surface area (Å²) in [5.74, 6) is 0.146. The molecule has 0 radical (unpaired) electrons. The van der Waals surface area contributed by atoms with Gasteiger partial charge < -0.3 is 4.57 Å². The lowest BCUT2D eigenvalue weighted by Gasteiger charge is -2.14. The topological polar surface area (TPSA) is 68.4 Å². The third-order valence-electron chi connectivity index (χ3n) is 5.06. The molecule has 1 aliphatic heterocycles. The maximum absolute atomic E-state index is 12.7. The molecule has 1 aromatic heterocycles. The van der Waals surface area contributed by atoms with E-state index in [4.69, 9.17) is 0 Å². The van der Waals surface area contributed by atoms with Crippen LogP contribution >= 0.6 is 0 Å². The third-order valence-corrected chi connectivity index (χ3v) is 5.06. The molecular weight excluding hydrogens is 330 g/mol. The van der Waals surface area contributed by atoms with Gasteiger partial charge in [0.05, 0.1) is 11.5 Å². The Balaban J connectivity index is 1.87. The van der Waals surface area contributed by atoms with Gasteiger partial charge in [-0.15, -0.1) is 0 Å². The summed E-state index contributed by atoms with van der Waals surface area (Å²) in [5, 5.41) is 11.1. The van der Waals surface area contributed by atoms with Crippen LogP contribution in [0.2, 0.25) is 0 Å². The predicted octanol–water partition coefficient (Wildman–Crippen LogP) is 3.73. The van der Waals surface area contributed by atoms with Crippen molar-refractivity contribution in [3.63, 3.8) is 0 Å². The average Bonchev–Trinajstić information content (AvgIpc) is 3.16. The number of rotatable bonds is 5. The molecule has 2 aliphatic rings. The molecule has 0 saturated carbocycles. The Bertz CT molecular complexity index is 809. The molecule has 0 N–H and O–H groups in total. The monoisotopic (exact) mass is 355 g/mol. The number of nitro groups is 1. The zero-order valence-corrected chi connectivity index (χ0v) is 15.4. The maximum atomic E-state index is 12.7. The zero-order valence-electron chi connectivity index (χ0n) is 15.4. The highest BCUT2D eigenvalue weighted by molar-refractivity contribution is 5.99. The summed E-state index contributed by atoms with van der Waals surface area (Å²) in [7, 11) is 0. The van der Waals surface area contributed by atoms with Crippen LogP contribution in [-0.2, 0) is 0 Å². The Morgan fingerprint density at radius 1 is 1.15 bits per heavy atom. The third kappa shape index (κ3) is 3.85. The van der Waals surface area contributed by atoms with Crippen molar-refractivity contribution in [2.24, 2.45) is 0 Å². The highest BCUT2D eigenvalue weighted by Crippen LogP contribution is 2.24. The summed E-state index contributed by atoms with van der Waals surface area (Å²) in [6.45, 7) is 6.37. The minimum Gasteiger partial charge on any atom is -0.318 e. The minimum absolute atomic E-state index is 0.114. The molecule has 26 heavy (non-hydrogen) atoms. The van der Waals surface area contributed by atoms with E-state index < -0.39 is 0 Å². The normalized spacial score (nSPS) is 20.2. The van der Waals surface area contributed by atoms with E-state index in [-0.39, 0.29) is 16.4 Å². The van der Waals surface area contributed by atoms with Gasteiger partial charge in [-0.05, 0) is 70.8 Å². The Hall–Kier alpha value is -2.47. The van der Waals surface area contributed by atoms with Crippen molar-refractivity contribution in [1.29, 1.82) is 0 Å². The number of hydrogen-bond donors (Lipinski definition) is 0. The van der Waals surface area contributed by atoms with E-state index in [9.17, 15) is 14.9 Å². The Morgan fingerprint density at radius 3 is 2.54 bits per heavy atom. The number of nitrogens with zero attached hydrogens (tertiary/aromatic N) is 3. The summed E-state index contributed by atoms with van der Waals surface area (Å²) < 4.78 is 2.02. The van der Waals surface area contributed by atoms with Gasteiger partial charge in [0.15, 0.2) is 5.78 Å². The molecule has 3 rings (SSSR count). The van der Waals surface area contributed by atoms with Crippen LogP contribution in [0.25, 0.3) is 5.70 Å². The van der Waals surface area contributed by atoms with Crippen LogP contribution in [0.15, 0.2) is 36.1 Å². The number of Topliss-reactive ketones (excluding diaryl/α,β-unsaturated/α-hetero) is 1. The lowest BCUT2D eigenvalue weighted by Crippen LogP contribution is -2.27. The second kappa shape index (κ2) is 7.83. The number of aromatic nitrogens is 1. The van der Waals surface area contributed by atoms with Crippen molar-refractivity contribution in [3.05, 3.63) is 63.1 Å². The quantitative estimate of drug-likeness (QED) is 0.458. The lowest BCUT2D eigenvalue weighted by atomic mass is 10.1.